The van der Waals surface area contributed by atoms with Crippen molar-refractivity contribution < 1.29 is 9.50 Å². The molecule has 1 unspecified atom stereocenters. The lowest BCUT2D eigenvalue weighted by Gasteiger charge is -2.12. The standard InChI is InChI=1S/C11H7BrFIOS/c12-9-5-16-4-8(9)11(15)7-2-1-6(13)3-10(7)14/h1-5,11,15H. The lowest BCUT2D eigenvalue weighted by atomic mass is 10.0. The van der Waals surface area contributed by atoms with Crippen molar-refractivity contribution in [3.05, 3.63) is 53.9 Å². The molecule has 5 heteroatoms. The summed E-state index contributed by atoms with van der Waals surface area (Å²) in [7, 11) is 0. The van der Waals surface area contributed by atoms with Gasteiger partial charge in [-0.05, 0) is 61.6 Å². The Hall–Kier alpha value is 0.0200. The first-order chi connectivity index (χ1) is 7.59. The maximum absolute atomic E-state index is 12.9. The van der Waals surface area contributed by atoms with Crippen molar-refractivity contribution in [3.63, 3.8) is 0 Å². The molecular weight excluding hydrogens is 406 g/mol. The number of benzene rings is 1. The van der Waals surface area contributed by atoms with E-state index in [0.29, 0.717) is 0 Å². The summed E-state index contributed by atoms with van der Waals surface area (Å²) in [6, 6.07) is 4.40. The van der Waals surface area contributed by atoms with E-state index in [1.165, 1.54) is 23.5 Å². The Morgan fingerprint density at radius 2 is 2.06 bits per heavy atom. The van der Waals surface area contributed by atoms with Crippen LogP contribution in [-0.2, 0) is 0 Å². The zero-order chi connectivity index (χ0) is 11.7. The summed E-state index contributed by atoms with van der Waals surface area (Å²) in [5, 5.41) is 14.0. The Labute approximate surface area is 119 Å². The Kier molecular flexibility index (Phi) is 3.99. The normalized spacial score (nSPS) is 12.8. The highest BCUT2D eigenvalue weighted by atomic mass is 127. The van der Waals surface area contributed by atoms with Gasteiger partial charge in [-0.2, -0.15) is 11.3 Å². The van der Waals surface area contributed by atoms with Gasteiger partial charge in [-0.25, -0.2) is 4.39 Å². The summed E-state index contributed by atoms with van der Waals surface area (Å²) >= 11 is 6.92. The molecule has 1 N–H and O–H groups in total. The monoisotopic (exact) mass is 412 g/mol. The van der Waals surface area contributed by atoms with E-state index < -0.39 is 6.10 Å². The lowest BCUT2D eigenvalue weighted by Crippen LogP contribution is -2.01. The van der Waals surface area contributed by atoms with Gasteiger partial charge in [0.2, 0.25) is 0 Å². The van der Waals surface area contributed by atoms with Crippen molar-refractivity contribution in [2.24, 2.45) is 0 Å². The maximum Gasteiger partial charge on any atom is 0.124 e. The van der Waals surface area contributed by atoms with Gasteiger partial charge in [0.1, 0.15) is 11.9 Å². The van der Waals surface area contributed by atoms with Crippen LogP contribution in [-0.4, -0.2) is 5.11 Å². The van der Waals surface area contributed by atoms with E-state index in [0.717, 1.165) is 19.2 Å². The minimum absolute atomic E-state index is 0.287. The van der Waals surface area contributed by atoms with Gasteiger partial charge in [0.25, 0.3) is 0 Å². The van der Waals surface area contributed by atoms with Crippen molar-refractivity contribution in [3.8, 4) is 0 Å². The summed E-state index contributed by atoms with van der Waals surface area (Å²) in [6.45, 7) is 0. The van der Waals surface area contributed by atoms with Crippen LogP contribution in [0.4, 0.5) is 4.39 Å². The van der Waals surface area contributed by atoms with Gasteiger partial charge in [-0.15, -0.1) is 0 Å². The number of aliphatic hydroxyl groups is 1. The SMILES string of the molecule is OC(c1cscc1Br)c1ccc(F)cc1I. The fourth-order valence-electron chi connectivity index (χ4n) is 1.38. The molecule has 1 nitrogen and oxygen atoms in total. The van der Waals surface area contributed by atoms with Crippen LogP contribution in [0.3, 0.4) is 0 Å². The lowest BCUT2D eigenvalue weighted by molar-refractivity contribution is 0.219. The molecule has 1 aromatic heterocycles. The Morgan fingerprint density at radius 3 is 2.62 bits per heavy atom. The highest BCUT2D eigenvalue weighted by Crippen LogP contribution is 2.33. The van der Waals surface area contributed by atoms with Crippen molar-refractivity contribution in [1.29, 1.82) is 0 Å². The van der Waals surface area contributed by atoms with Gasteiger partial charge in [-0.3, -0.25) is 0 Å². The third-order valence-corrected chi connectivity index (χ3v) is 4.88. The molecule has 0 aliphatic heterocycles. The molecule has 1 heterocycles. The molecule has 0 bridgehead atoms. The Morgan fingerprint density at radius 1 is 1.31 bits per heavy atom. The molecule has 1 atom stereocenters. The van der Waals surface area contributed by atoms with Gasteiger partial charge >= 0.3 is 0 Å². The van der Waals surface area contributed by atoms with Gasteiger partial charge in [0.05, 0.1) is 0 Å². The zero-order valence-electron chi connectivity index (χ0n) is 7.95. The van der Waals surface area contributed by atoms with E-state index in [4.69, 9.17) is 0 Å². The molecule has 84 valence electrons. The first-order valence-electron chi connectivity index (χ1n) is 4.44. The number of hydrogen-bond acceptors (Lipinski definition) is 2. The van der Waals surface area contributed by atoms with E-state index in [9.17, 15) is 9.50 Å². The molecule has 0 radical (unpaired) electrons. The van der Waals surface area contributed by atoms with E-state index in [1.807, 2.05) is 33.4 Å². The van der Waals surface area contributed by atoms with E-state index >= 15 is 0 Å². The smallest absolute Gasteiger partial charge is 0.124 e. The number of halogens is 3. The molecule has 0 aliphatic carbocycles. The average molecular weight is 413 g/mol. The second-order valence-corrected chi connectivity index (χ2v) is 6.00. The largest absolute Gasteiger partial charge is 0.384 e. The summed E-state index contributed by atoms with van der Waals surface area (Å²) in [5.41, 5.74) is 1.54. The van der Waals surface area contributed by atoms with Crippen LogP contribution in [0.2, 0.25) is 0 Å². The molecule has 0 saturated heterocycles. The maximum atomic E-state index is 12.9. The van der Waals surface area contributed by atoms with Crippen molar-refractivity contribution >= 4 is 49.9 Å². The molecule has 0 amide bonds. The van der Waals surface area contributed by atoms with Crippen LogP contribution in [0.15, 0.2) is 33.4 Å². The van der Waals surface area contributed by atoms with Crippen molar-refractivity contribution in [1.82, 2.24) is 0 Å². The fraction of sp³-hybridized carbons (Fsp3) is 0.0909. The minimum Gasteiger partial charge on any atom is -0.384 e. The van der Waals surface area contributed by atoms with E-state index in [1.54, 1.807) is 6.07 Å². The van der Waals surface area contributed by atoms with Crippen LogP contribution < -0.4 is 0 Å². The quantitative estimate of drug-likeness (QED) is 0.727. The molecule has 0 fully saturated rings. The van der Waals surface area contributed by atoms with Crippen molar-refractivity contribution in [2.75, 3.05) is 0 Å². The highest BCUT2D eigenvalue weighted by Gasteiger charge is 2.17. The first kappa shape index (κ1) is 12.5. The summed E-state index contributed by atoms with van der Waals surface area (Å²) < 4.78 is 14.5. The molecule has 0 aliphatic rings. The molecule has 16 heavy (non-hydrogen) atoms. The second-order valence-electron chi connectivity index (χ2n) is 3.24. The predicted octanol–water partition coefficient (Wildman–Crippen LogP) is 4.34. The Bertz CT molecular complexity index is 514. The van der Waals surface area contributed by atoms with Gasteiger partial charge in [-0.1, -0.05) is 6.07 Å². The van der Waals surface area contributed by atoms with Crippen LogP contribution >= 0.6 is 49.9 Å². The molecule has 0 spiro atoms. The summed E-state index contributed by atoms with van der Waals surface area (Å²) in [5.74, 6) is -0.287. The first-order valence-corrected chi connectivity index (χ1v) is 7.25. The second kappa shape index (κ2) is 5.12. The zero-order valence-corrected chi connectivity index (χ0v) is 12.5. The third kappa shape index (κ3) is 2.47. The van der Waals surface area contributed by atoms with Crippen LogP contribution in [0.1, 0.15) is 17.2 Å². The molecule has 0 saturated carbocycles. The fourth-order valence-corrected chi connectivity index (χ4v) is 3.68. The number of hydrogen-bond donors (Lipinski definition) is 1. The molecular formula is C11H7BrFIOS. The van der Waals surface area contributed by atoms with Crippen LogP contribution in [0.25, 0.3) is 0 Å². The van der Waals surface area contributed by atoms with Gasteiger partial charge < -0.3 is 5.11 Å². The minimum atomic E-state index is -0.715. The van der Waals surface area contributed by atoms with Crippen LogP contribution in [0, 0.1) is 9.39 Å². The number of rotatable bonds is 2. The topological polar surface area (TPSA) is 20.2 Å². The molecule has 2 rings (SSSR count). The van der Waals surface area contributed by atoms with E-state index in [2.05, 4.69) is 15.9 Å². The van der Waals surface area contributed by atoms with Crippen molar-refractivity contribution in [2.45, 2.75) is 6.10 Å². The summed E-state index contributed by atoms with van der Waals surface area (Å²) in [4.78, 5) is 0. The molecule has 1 aromatic carbocycles. The van der Waals surface area contributed by atoms with Gasteiger partial charge in [0.15, 0.2) is 0 Å². The van der Waals surface area contributed by atoms with E-state index in [-0.39, 0.29) is 5.82 Å². The average Bonchev–Trinajstić information content (AvgIpc) is 2.63. The van der Waals surface area contributed by atoms with Gasteiger partial charge in [0, 0.05) is 19.0 Å². The third-order valence-electron chi connectivity index (χ3n) is 2.19. The van der Waals surface area contributed by atoms with Crippen LogP contribution in [0.5, 0.6) is 0 Å². The number of aliphatic hydroxyl groups excluding tert-OH is 1. The summed E-state index contributed by atoms with van der Waals surface area (Å²) in [6.07, 6.45) is -0.715. The Balaban J connectivity index is 2.41. The number of thiophene rings is 1. The predicted molar refractivity (Wildman–Crippen MR) is 75.2 cm³/mol. The highest BCUT2D eigenvalue weighted by molar-refractivity contribution is 14.1. The molecule has 2 aromatic rings.